The Hall–Kier alpha value is -1.09. The highest BCUT2D eigenvalue weighted by molar-refractivity contribution is 14.0. The first-order valence-electron chi connectivity index (χ1n) is 8.21. The zero-order valence-corrected chi connectivity index (χ0v) is 19.2. The quantitative estimate of drug-likeness (QED) is 0.359. The number of aliphatic imine (C=N–C) groups is 1. The molecule has 0 saturated heterocycles. The van der Waals surface area contributed by atoms with Crippen molar-refractivity contribution < 1.29 is 0 Å². The Kier molecular flexibility index (Phi) is 9.48. The number of hydrogen-bond acceptors (Lipinski definition) is 2. The molecular weight excluding hydrogens is 493 g/mol. The monoisotopic (exact) mass is 519 g/mol. The lowest BCUT2D eigenvalue weighted by atomic mass is 10.1. The van der Waals surface area contributed by atoms with Crippen LogP contribution in [0.5, 0.6) is 0 Å². The van der Waals surface area contributed by atoms with Crippen molar-refractivity contribution in [3.05, 3.63) is 52.0 Å². The zero-order chi connectivity index (χ0) is 17.5. The second-order valence-corrected chi connectivity index (χ2v) is 6.82. The molecule has 0 aliphatic carbocycles. The van der Waals surface area contributed by atoms with Crippen molar-refractivity contribution in [3.8, 4) is 0 Å². The first kappa shape index (κ1) is 22.0. The smallest absolute Gasteiger partial charge is 0.194 e. The van der Waals surface area contributed by atoms with E-state index in [0.29, 0.717) is 0 Å². The van der Waals surface area contributed by atoms with Crippen LogP contribution in [0.2, 0.25) is 0 Å². The van der Waals surface area contributed by atoms with Gasteiger partial charge in [0.2, 0.25) is 0 Å². The van der Waals surface area contributed by atoms with Gasteiger partial charge in [-0.2, -0.15) is 0 Å². The van der Waals surface area contributed by atoms with Gasteiger partial charge in [-0.25, -0.2) is 0 Å². The van der Waals surface area contributed by atoms with Gasteiger partial charge in [0.15, 0.2) is 5.96 Å². The predicted octanol–water partition coefficient (Wildman–Crippen LogP) is 3.75. The number of aryl methyl sites for hydroxylation is 2. The van der Waals surface area contributed by atoms with E-state index in [-0.39, 0.29) is 24.0 Å². The maximum absolute atomic E-state index is 4.77. The van der Waals surface area contributed by atoms with Crippen LogP contribution in [0.1, 0.15) is 23.7 Å². The summed E-state index contributed by atoms with van der Waals surface area (Å²) >= 11 is 3.52. The van der Waals surface area contributed by atoms with E-state index >= 15 is 0 Å². The number of nitrogens with zero attached hydrogens (tertiary/aromatic N) is 4. The molecule has 0 aliphatic rings. The van der Waals surface area contributed by atoms with Crippen molar-refractivity contribution in [3.63, 3.8) is 0 Å². The summed E-state index contributed by atoms with van der Waals surface area (Å²) in [5, 5.41) is 3.37. The molecule has 0 aliphatic heterocycles. The minimum atomic E-state index is 0. The van der Waals surface area contributed by atoms with E-state index < -0.39 is 0 Å². The second-order valence-electron chi connectivity index (χ2n) is 5.90. The van der Waals surface area contributed by atoms with Gasteiger partial charge in [-0.3, -0.25) is 9.98 Å². The van der Waals surface area contributed by atoms with E-state index in [1.54, 1.807) is 0 Å². The molecule has 138 valence electrons. The van der Waals surface area contributed by atoms with E-state index in [4.69, 9.17) is 4.99 Å². The van der Waals surface area contributed by atoms with Crippen LogP contribution in [0.15, 0.2) is 40.2 Å². The highest BCUT2D eigenvalue weighted by atomic mass is 127. The normalized spacial score (nSPS) is 11.2. The standard InChI is InChI=1S/C18H26BrN5.HI/c1-5-21-18(22-9-7-15-6-8-20-11-14(15)2)24(4)13-17-10-16(19)12-23(17)3;/h6,8,10-12H,5,7,9,13H2,1-4H3,(H,21,22);1H. The minimum Gasteiger partial charge on any atom is -0.357 e. The minimum absolute atomic E-state index is 0. The van der Waals surface area contributed by atoms with Crippen molar-refractivity contribution >= 4 is 45.9 Å². The Labute approximate surface area is 176 Å². The third-order valence-corrected chi connectivity index (χ3v) is 4.38. The molecule has 2 heterocycles. The Morgan fingerprint density at radius 2 is 2.20 bits per heavy atom. The summed E-state index contributed by atoms with van der Waals surface area (Å²) in [5.74, 6) is 0.932. The van der Waals surface area contributed by atoms with E-state index in [1.165, 1.54) is 16.8 Å². The van der Waals surface area contributed by atoms with Crippen molar-refractivity contribution in [1.82, 2.24) is 19.8 Å². The van der Waals surface area contributed by atoms with E-state index in [1.807, 2.05) is 12.4 Å². The third-order valence-electron chi connectivity index (χ3n) is 3.95. The molecule has 0 fully saturated rings. The summed E-state index contributed by atoms with van der Waals surface area (Å²) < 4.78 is 3.23. The molecule has 0 atom stereocenters. The molecule has 0 spiro atoms. The van der Waals surface area contributed by atoms with Crippen LogP contribution < -0.4 is 5.32 Å². The molecule has 0 amide bonds. The summed E-state index contributed by atoms with van der Waals surface area (Å²) in [6.45, 7) is 6.61. The van der Waals surface area contributed by atoms with Crippen molar-refractivity contribution in [2.45, 2.75) is 26.8 Å². The van der Waals surface area contributed by atoms with Gasteiger partial charge in [0, 0.05) is 55.9 Å². The largest absolute Gasteiger partial charge is 0.357 e. The van der Waals surface area contributed by atoms with Crippen LogP contribution in [0.3, 0.4) is 0 Å². The van der Waals surface area contributed by atoms with Gasteiger partial charge < -0.3 is 14.8 Å². The topological polar surface area (TPSA) is 45.5 Å². The molecule has 25 heavy (non-hydrogen) atoms. The number of nitrogens with one attached hydrogen (secondary N) is 1. The summed E-state index contributed by atoms with van der Waals surface area (Å²) in [4.78, 5) is 11.1. The van der Waals surface area contributed by atoms with Gasteiger partial charge in [0.25, 0.3) is 0 Å². The van der Waals surface area contributed by atoms with Crippen molar-refractivity contribution in [2.24, 2.45) is 12.0 Å². The van der Waals surface area contributed by atoms with Crippen LogP contribution in [0.4, 0.5) is 0 Å². The molecular formula is C18H27BrIN5. The lowest BCUT2D eigenvalue weighted by Crippen LogP contribution is -2.39. The maximum Gasteiger partial charge on any atom is 0.194 e. The lowest BCUT2D eigenvalue weighted by Gasteiger charge is -2.22. The first-order chi connectivity index (χ1) is 11.5. The van der Waals surface area contributed by atoms with Crippen LogP contribution in [0.25, 0.3) is 0 Å². The molecule has 0 radical (unpaired) electrons. The molecule has 2 rings (SSSR count). The predicted molar refractivity (Wildman–Crippen MR) is 119 cm³/mol. The van der Waals surface area contributed by atoms with Crippen LogP contribution in [-0.4, -0.2) is 40.5 Å². The molecule has 5 nitrogen and oxygen atoms in total. The van der Waals surface area contributed by atoms with Crippen molar-refractivity contribution in [1.29, 1.82) is 0 Å². The average molecular weight is 520 g/mol. The fraction of sp³-hybridized carbons (Fsp3) is 0.444. The highest BCUT2D eigenvalue weighted by Crippen LogP contribution is 2.15. The zero-order valence-electron chi connectivity index (χ0n) is 15.3. The number of pyridine rings is 1. The Balaban J connectivity index is 0.00000312. The van der Waals surface area contributed by atoms with E-state index in [2.05, 4.69) is 82.0 Å². The van der Waals surface area contributed by atoms with Gasteiger partial charge in [-0.15, -0.1) is 24.0 Å². The summed E-state index contributed by atoms with van der Waals surface area (Å²) in [5.41, 5.74) is 3.76. The number of halogens is 2. The molecule has 0 unspecified atom stereocenters. The maximum atomic E-state index is 4.77. The molecule has 0 saturated carbocycles. The number of aromatic nitrogens is 2. The number of guanidine groups is 1. The fourth-order valence-electron chi connectivity index (χ4n) is 2.58. The SMILES string of the molecule is CCNC(=NCCc1ccncc1C)N(C)Cc1cc(Br)cn1C.I. The van der Waals surface area contributed by atoms with Gasteiger partial charge in [-0.1, -0.05) is 0 Å². The van der Waals surface area contributed by atoms with Gasteiger partial charge in [0.1, 0.15) is 0 Å². The molecule has 2 aromatic rings. The summed E-state index contributed by atoms with van der Waals surface area (Å²) in [6, 6.07) is 4.21. The summed E-state index contributed by atoms with van der Waals surface area (Å²) in [7, 11) is 4.13. The van der Waals surface area contributed by atoms with Crippen molar-refractivity contribution in [2.75, 3.05) is 20.1 Å². The number of hydrogen-bond donors (Lipinski definition) is 1. The Bertz CT molecular complexity index is 699. The second kappa shape index (κ2) is 10.8. The number of rotatable bonds is 6. The molecule has 2 aromatic heterocycles. The van der Waals surface area contributed by atoms with Crippen LogP contribution in [-0.2, 0) is 20.0 Å². The molecule has 0 aromatic carbocycles. The first-order valence-corrected chi connectivity index (χ1v) is 9.00. The molecule has 0 bridgehead atoms. The van der Waals surface area contributed by atoms with Crippen LogP contribution >= 0.6 is 39.9 Å². The van der Waals surface area contributed by atoms with Gasteiger partial charge in [-0.05, 0) is 59.5 Å². The van der Waals surface area contributed by atoms with E-state index in [9.17, 15) is 0 Å². The van der Waals surface area contributed by atoms with Gasteiger partial charge >= 0.3 is 0 Å². The van der Waals surface area contributed by atoms with Gasteiger partial charge in [0.05, 0.1) is 6.54 Å². The van der Waals surface area contributed by atoms with E-state index in [0.717, 1.165) is 36.5 Å². The third kappa shape index (κ3) is 6.62. The fourth-order valence-corrected chi connectivity index (χ4v) is 3.15. The average Bonchev–Trinajstić information content (AvgIpc) is 2.85. The Morgan fingerprint density at radius 3 is 2.80 bits per heavy atom. The van der Waals surface area contributed by atoms with Crippen LogP contribution in [0, 0.1) is 6.92 Å². The molecule has 1 N–H and O–H groups in total. The highest BCUT2D eigenvalue weighted by Gasteiger charge is 2.09. The lowest BCUT2D eigenvalue weighted by molar-refractivity contribution is 0.462. The molecule has 7 heteroatoms. The Morgan fingerprint density at radius 1 is 1.44 bits per heavy atom. The summed E-state index contributed by atoms with van der Waals surface area (Å²) in [6.07, 6.45) is 6.74.